The van der Waals surface area contributed by atoms with E-state index in [1.54, 1.807) is 29.2 Å². The summed E-state index contributed by atoms with van der Waals surface area (Å²) in [5, 5.41) is 2.63. The number of sulfonamides is 1. The number of rotatable bonds is 8. The molecule has 0 saturated carbocycles. The molecule has 2 atom stereocenters. The number of nitrogens with one attached hydrogen (secondary N) is 1. The lowest BCUT2D eigenvalue weighted by Gasteiger charge is -2.20. The number of nitrogens with zero attached hydrogens (tertiary/aromatic N) is 3. The summed E-state index contributed by atoms with van der Waals surface area (Å²) in [6.07, 6.45) is 1.67. The summed E-state index contributed by atoms with van der Waals surface area (Å²) in [7, 11) is -0.700. The van der Waals surface area contributed by atoms with Crippen molar-refractivity contribution in [2.45, 2.75) is 42.4 Å². The van der Waals surface area contributed by atoms with Crippen molar-refractivity contribution in [3.05, 3.63) is 54.1 Å². The Hall–Kier alpha value is -2.73. The summed E-state index contributed by atoms with van der Waals surface area (Å²) in [6, 6.07) is 13.8. The SMILES string of the molecule is Cc1ccc(S(=O)(=O)N(C)C)cc1N=C1S[C@H](CC(=O)Nc2ccccc2)C(=O)N1C[C@H]1CCCO1. The molecule has 0 unspecified atom stereocenters. The summed E-state index contributed by atoms with van der Waals surface area (Å²) in [5.41, 5.74) is 1.90. The molecule has 2 fully saturated rings. The van der Waals surface area contributed by atoms with Gasteiger partial charge in [0.1, 0.15) is 5.25 Å². The van der Waals surface area contributed by atoms with E-state index in [1.165, 1.54) is 31.9 Å². The zero-order valence-electron chi connectivity index (χ0n) is 20.5. The molecular weight excluding hydrogens is 500 g/mol. The quantitative estimate of drug-likeness (QED) is 0.561. The van der Waals surface area contributed by atoms with Crippen LogP contribution in [0.25, 0.3) is 0 Å². The molecule has 2 amide bonds. The minimum absolute atomic E-state index is 0.00648. The Morgan fingerprint density at radius 1 is 1.22 bits per heavy atom. The third kappa shape index (κ3) is 5.97. The van der Waals surface area contributed by atoms with Crippen LogP contribution in [0.15, 0.2) is 58.4 Å². The van der Waals surface area contributed by atoms with Crippen LogP contribution in [0.4, 0.5) is 11.4 Å². The molecule has 11 heteroatoms. The number of amidine groups is 1. The van der Waals surface area contributed by atoms with Crippen molar-refractivity contribution < 1.29 is 22.7 Å². The van der Waals surface area contributed by atoms with E-state index in [2.05, 4.69) is 5.32 Å². The predicted octanol–water partition coefficient (Wildman–Crippen LogP) is 3.38. The number of carbonyl (C=O) groups excluding carboxylic acids is 2. The van der Waals surface area contributed by atoms with Gasteiger partial charge in [-0.15, -0.1) is 0 Å². The molecule has 2 aliphatic rings. The second-order valence-electron chi connectivity index (χ2n) is 8.94. The van der Waals surface area contributed by atoms with Crippen LogP contribution in [0.1, 0.15) is 24.8 Å². The number of amides is 2. The lowest BCUT2D eigenvalue weighted by Crippen LogP contribution is -2.38. The zero-order valence-corrected chi connectivity index (χ0v) is 22.1. The van der Waals surface area contributed by atoms with Crippen LogP contribution >= 0.6 is 11.8 Å². The number of hydrogen-bond donors (Lipinski definition) is 1. The van der Waals surface area contributed by atoms with Crippen LogP contribution in [-0.2, 0) is 24.3 Å². The van der Waals surface area contributed by atoms with Gasteiger partial charge in [0.05, 0.1) is 23.2 Å². The Labute approximate surface area is 216 Å². The number of carbonyl (C=O) groups is 2. The van der Waals surface area contributed by atoms with E-state index in [9.17, 15) is 18.0 Å². The van der Waals surface area contributed by atoms with Gasteiger partial charge in [0, 0.05) is 32.8 Å². The molecule has 0 bridgehead atoms. The second kappa shape index (κ2) is 11.1. The summed E-state index contributed by atoms with van der Waals surface area (Å²) in [6.45, 7) is 2.83. The number of ether oxygens (including phenoxy) is 1. The van der Waals surface area contributed by atoms with E-state index >= 15 is 0 Å². The lowest BCUT2D eigenvalue weighted by atomic mass is 10.2. The Balaban J connectivity index is 1.61. The van der Waals surface area contributed by atoms with E-state index in [-0.39, 0.29) is 29.2 Å². The van der Waals surface area contributed by atoms with Crippen molar-refractivity contribution in [2.75, 3.05) is 32.6 Å². The molecule has 0 radical (unpaired) electrons. The van der Waals surface area contributed by atoms with Crippen molar-refractivity contribution in [1.29, 1.82) is 0 Å². The van der Waals surface area contributed by atoms with Crippen molar-refractivity contribution in [2.24, 2.45) is 4.99 Å². The highest BCUT2D eigenvalue weighted by atomic mass is 32.2. The molecule has 2 aliphatic heterocycles. The van der Waals surface area contributed by atoms with Crippen LogP contribution < -0.4 is 5.32 Å². The third-order valence-electron chi connectivity index (χ3n) is 6.03. The number of benzene rings is 2. The summed E-state index contributed by atoms with van der Waals surface area (Å²) >= 11 is 1.22. The maximum Gasteiger partial charge on any atom is 0.242 e. The van der Waals surface area contributed by atoms with Gasteiger partial charge in [-0.25, -0.2) is 17.7 Å². The third-order valence-corrected chi connectivity index (χ3v) is 9.02. The first-order chi connectivity index (χ1) is 17.1. The van der Waals surface area contributed by atoms with Crippen molar-refractivity contribution in [3.8, 4) is 0 Å². The van der Waals surface area contributed by atoms with Crippen LogP contribution in [-0.4, -0.2) is 73.2 Å². The fourth-order valence-corrected chi connectivity index (χ4v) is 6.05. The van der Waals surface area contributed by atoms with E-state index in [0.717, 1.165) is 22.7 Å². The average molecular weight is 531 g/mol. The van der Waals surface area contributed by atoms with Crippen LogP contribution in [0.5, 0.6) is 0 Å². The zero-order chi connectivity index (χ0) is 25.9. The predicted molar refractivity (Wildman–Crippen MR) is 141 cm³/mol. The maximum absolute atomic E-state index is 13.4. The Morgan fingerprint density at radius 3 is 2.64 bits per heavy atom. The monoisotopic (exact) mass is 530 g/mol. The summed E-state index contributed by atoms with van der Waals surface area (Å²) in [5.74, 6) is -0.465. The van der Waals surface area contributed by atoms with Gasteiger partial charge in [0.25, 0.3) is 0 Å². The van der Waals surface area contributed by atoms with Crippen LogP contribution in [0.3, 0.4) is 0 Å². The first-order valence-electron chi connectivity index (χ1n) is 11.7. The van der Waals surface area contributed by atoms with E-state index in [4.69, 9.17) is 9.73 Å². The molecule has 2 saturated heterocycles. The lowest BCUT2D eigenvalue weighted by molar-refractivity contribution is -0.129. The second-order valence-corrected chi connectivity index (χ2v) is 12.3. The molecule has 0 spiro atoms. The first-order valence-corrected chi connectivity index (χ1v) is 14.0. The van der Waals surface area contributed by atoms with Crippen LogP contribution in [0, 0.1) is 6.92 Å². The molecule has 192 valence electrons. The van der Waals surface area contributed by atoms with Gasteiger partial charge in [-0.2, -0.15) is 0 Å². The highest BCUT2D eigenvalue weighted by Gasteiger charge is 2.40. The molecule has 4 rings (SSSR count). The molecule has 2 aromatic rings. The normalized spacial score (nSPS) is 21.5. The minimum Gasteiger partial charge on any atom is -0.376 e. The van der Waals surface area contributed by atoms with E-state index in [0.29, 0.717) is 29.7 Å². The number of hydrogen-bond acceptors (Lipinski definition) is 7. The number of thioether (sulfide) groups is 1. The Morgan fingerprint density at radius 2 is 1.97 bits per heavy atom. The fraction of sp³-hybridized carbons (Fsp3) is 0.400. The van der Waals surface area contributed by atoms with Crippen molar-refractivity contribution in [1.82, 2.24) is 9.21 Å². The summed E-state index contributed by atoms with van der Waals surface area (Å²) < 4.78 is 32.2. The van der Waals surface area contributed by atoms with Gasteiger partial charge in [-0.3, -0.25) is 14.5 Å². The topological polar surface area (TPSA) is 108 Å². The Bertz CT molecular complexity index is 1260. The smallest absolute Gasteiger partial charge is 0.242 e. The molecule has 36 heavy (non-hydrogen) atoms. The number of aliphatic imine (C=N–C) groups is 1. The van der Waals surface area contributed by atoms with Gasteiger partial charge >= 0.3 is 0 Å². The number of aryl methyl sites for hydroxylation is 1. The molecule has 0 aliphatic carbocycles. The average Bonchev–Trinajstić information content (AvgIpc) is 3.45. The van der Waals surface area contributed by atoms with Gasteiger partial charge in [-0.05, 0) is 49.6 Å². The summed E-state index contributed by atoms with van der Waals surface area (Å²) in [4.78, 5) is 32.5. The number of anilines is 1. The van der Waals surface area contributed by atoms with Gasteiger partial charge < -0.3 is 10.1 Å². The highest BCUT2D eigenvalue weighted by molar-refractivity contribution is 8.15. The van der Waals surface area contributed by atoms with Gasteiger partial charge in [0.15, 0.2) is 5.17 Å². The largest absolute Gasteiger partial charge is 0.376 e. The van der Waals surface area contributed by atoms with Gasteiger partial charge in [0.2, 0.25) is 21.8 Å². The maximum atomic E-state index is 13.4. The molecule has 2 heterocycles. The Kier molecular flexibility index (Phi) is 8.13. The highest BCUT2D eigenvalue weighted by Crippen LogP contribution is 2.34. The van der Waals surface area contributed by atoms with Gasteiger partial charge in [-0.1, -0.05) is 36.0 Å². The minimum atomic E-state index is -3.65. The van der Waals surface area contributed by atoms with Crippen LogP contribution in [0.2, 0.25) is 0 Å². The number of para-hydroxylation sites is 1. The molecule has 2 aromatic carbocycles. The molecule has 9 nitrogen and oxygen atoms in total. The first kappa shape index (κ1) is 26.3. The van der Waals surface area contributed by atoms with Crippen molar-refractivity contribution in [3.63, 3.8) is 0 Å². The molecule has 0 aromatic heterocycles. The van der Waals surface area contributed by atoms with E-state index < -0.39 is 15.3 Å². The van der Waals surface area contributed by atoms with Crippen molar-refractivity contribution >= 4 is 50.1 Å². The van der Waals surface area contributed by atoms with E-state index in [1.807, 2.05) is 25.1 Å². The fourth-order valence-electron chi connectivity index (χ4n) is 3.97. The molecular formula is C25H30N4O5S2. The standard InChI is InChI=1S/C25H30N4O5S2/c1-17-11-12-20(36(32,33)28(2)3)14-21(17)27-25-29(16-19-10-7-13-34-19)24(31)22(35-25)15-23(30)26-18-8-5-4-6-9-18/h4-6,8-9,11-12,14,19,22H,7,10,13,15-16H2,1-3H3,(H,26,30)/t19-,22-/m1/s1. The molecule has 1 N–H and O–H groups in total.